The Bertz CT molecular complexity index is 390. The average molecular weight is 513 g/mol. The molecule has 0 unspecified atom stereocenters. The predicted octanol–water partition coefficient (Wildman–Crippen LogP) is -0.773. The second-order valence-corrected chi connectivity index (χ2v) is 5.33. The van der Waals surface area contributed by atoms with Crippen LogP contribution in [0.3, 0.4) is 0 Å². The molecule has 0 saturated carbocycles. The predicted molar refractivity (Wildman–Crippen MR) is 81.3 cm³/mol. The number of hydrogen-bond donors (Lipinski definition) is 0. The van der Waals surface area contributed by atoms with Crippen LogP contribution in [0.2, 0.25) is 0 Å². The summed E-state index contributed by atoms with van der Waals surface area (Å²) in [5.74, 6) is 0. The maximum absolute atomic E-state index is 2.19. The zero-order chi connectivity index (χ0) is 13.7. The van der Waals surface area contributed by atoms with E-state index in [9.17, 15) is 0 Å². The Morgan fingerprint density at radius 1 is 0.364 bits per heavy atom. The molecule has 2 aromatic rings. The van der Waals surface area contributed by atoms with Crippen molar-refractivity contribution < 1.29 is 63.8 Å². The Morgan fingerprint density at radius 2 is 0.455 bits per heavy atom. The molecule has 0 N–H and O–H groups in total. The fraction of sp³-hybridized carbons (Fsp3) is 0.333. The van der Waals surface area contributed by atoms with E-state index in [4.69, 9.17) is 0 Å². The van der Waals surface area contributed by atoms with Gasteiger partial charge in [-0.2, -0.15) is 0 Å². The zero-order valence-corrected chi connectivity index (χ0v) is 18.9. The molecule has 0 aliphatic rings. The minimum absolute atomic E-state index is 0. The third-order valence-corrected chi connectivity index (χ3v) is 2.73. The summed E-state index contributed by atoms with van der Waals surface area (Å²) in [6.45, 7) is 12.8. The monoisotopic (exact) mass is 514 g/mol. The largest absolute Gasteiger partial charge is 1.00 e. The molecule has 0 heterocycles. The van der Waals surface area contributed by atoms with Crippen molar-refractivity contribution in [2.75, 3.05) is 0 Å². The summed E-state index contributed by atoms with van der Waals surface area (Å²) in [4.78, 5) is 0. The summed E-state index contributed by atoms with van der Waals surface area (Å²) in [6, 6.07) is 13.1. The second kappa shape index (κ2) is 14.8. The van der Waals surface area contributed by atoms with Crippen LogP contribution in [0.5, 0.6) is 0 Å². The van der Waals surface area contributed by atoms with Gasteiger partial charge in [0.05, 0.1) is 0 Å². The molecule has 0 saturated heterocycles. The van der Waals surface area contributed by atoms with Crippen LogP contribution in [0.4, 0.5) is 0 Å². The third kappa shape index (κ3) is 12.8. The van der Waals surface area contributed by atoms with Gasteiger partial charge in [0, 0.05) is 39.0 Å². The quantitative estimate of drug-likeness (QED) is 0.406. The Morgan fingerprint density at radius 3 is 0.545 bits per heavy atom. The summed E-state index contributed by atoms with van der Waals surface area (Å²) < 4.78 is 0. The molecule has 22 heavy (non-hydrogen) atoms. The molecule has 0 aromatic heterocycles. The van der Waals surface area contributed by atoms with E-state index >= 15 is 0 Å². The third-order valence-electron chi connectivity index (χ3n) is 2.73. The maximum atomic E-state index is 2.19. The molecule has 4 heteroatoms. The second-order valence-electron chi connectivity index (χ2n) is 5.33. The van der Waals surface area contributed by atoms with Gasteiger partial charge in [-0.3, -0.25) is 0 Å². The van der Waals surface area contributed by atoms with Crippen LogP contribution in [-0.2, 0) is 39.0 Å². The molecular formula is C18H24Cl2Ru2-2. The van der Waals surface area contributed by atoms with Crippen molar-refractivity contribution in [3.63, 3.8) is 0 Å². The van der Waals surface area contributed by atoms with Gasteiger partial charge in [-0.1, -0.05) is 69.8 Å². The summed E-state index contributed by atoms with van der Waals surface area (Å²) in [5.41, 5.74) is 8.13. The molecule has 0 spiro atoms. The van der Waals surface area contributed by atoms with E-state index < -0.39 is 0 Å². The molecule has 128 valence electrons. The van der Waals surface area contributed by atoms with Gasteiger partial charge in [0.1, 0.15) is 0 Å². The molecule has 2 aromatic carbocycles. The van der Waals surface area contributed by atoms with E-state index in [-0.39, 0.29) is 63.8 Å². The van der Waals surface area contributed by atoms with Crippen molar-refractivity contribution in [1.82, 2.24) is 0 Å². The molecule has 0 nitrogen and oxygen atoms in total. The first-order valence-electron chi connectivity index (χ1n) is 6.46. The van der Waals surface area contributed by atoms with Crippen molar-refractivity contribution in [2.45, 2.75) is 41.5 Å². The fourth-order valence-corrected chi connectivity index (χ4v) is 2.40. The molecule has 0 radical (unpaired) electrons. The van der Waals surface area contributed by atoms with Gasteiger partial charge in [0.2, 0.25) is 0 Å². The summed E-state index contributed by atoms with van der Waals surface area (Å²) >= 11 is 0. The summed E-state index contributed by atoms with van der Waals surface area (Å²) in [7, 11) is 0. The van der Waals surface area contributed by atoms with Crippen LogP contribution in [0.1, 0.15) is 33.4 Å². The van der Waals surface area contributed by atoms with E-state index in [1.807, 2.05) is 0 Å². The summed E-state index contributed by atoms with van der Waals surface area (Å²) in [6.07, 6.45) is 0. The Kier molecular flexibility index (Phi) is 20.3. The van der Waals surface area contributed by atoms with E-state index in [1.54, 1.807) is 0 Å². The minimum Gasteiger partial charge on any atom is -1.00 e. The van der Waals surface area contributed by atoms with Gasteiger partial charge >= 0.3 is 0 Å². The van der Waals surface area contributed by atoms with Crippen LogP contribution >= 0.6 is 0 Å². The van der Waals surface area contributed by atoms with Crippen LogP contribution in [-0.4, -0.2) is 0 Å². The van der Waals surface area contributed by atoms with Crippen LogP contribution in [0.15, 0.2) is 36.4 Å². The number of rotatable bonds is 0. The van der Waals surface area contributed by atoms with E-state index in [0.717, 1.165) is 0 Å². The zero-order valence-electron chi connectivity index (χ0n) is 13.9. The van der Waals surface area contributed by atoms with Gasteiger partial charge in [-0.05, 0) is 41.5 Å². The van der Waals surface area contributed by atoms with Crippen LogP contribution in [0, 0.1) is 41.5 Å². The molecule has 0 amide bonds. The Balaban J connectivity index is -0.000000125. The number of hydrogen-bond acceptors (Lipinski definition) is 0. The SMILES string of the molecule is Cc1cc(C)cc(C)c1.Cc1cc(C)cc(C)c1.[Cl-].[Cl-].[Ru].[Ru]. The topological polar surface area (TPSA) is 0 Å². The molecule has 0 aliphatic heterocycles. The van der Waals surface area contributed by atoms with Crippen LogP contribution < -0.4 is 24.8 Å². The van der Waals surface area contributed by atoms with Gasteiger partial charge in [-0.15, -0.1) is 0 Å². The fourth-order valence-electron chi connectivity index (χ4n) is 2.40. The maximum Gasteiger partial charge on any atom is 0 e. The first-order chi connectivity index (χ1) is 8.36. The molecular weight excluding hydrogens is 489 g/mol. The van der Waals surface area contributed by atoms with Crippen molar-refractivity contribution in [2.24, 2.45) is 0 Å². The van der Waals surface area contributed by atoms with Crippen molar-refractivity contribution in [1.29, 1.82) is 0 Å². The molecule has 0 bridgehead atoms. The van der Waals surface area contributed by atoms with Gasteiger partial charge < -0.3 is 24.8 Å². The standard InChI is InChI=1S/2C9H12.2ClH.2Ru/c2*1-7-4-8(2)6-9(3)5-7;;;;/h2*4-6H,1-3H3;2*1H;;/p-2. The van der Waals surface area contributed by atoms with E-state index in [2.05, 4.69) is 77.9 Å². The normalized spacial score (nSPS) is 7.91. The smallest absolute Gasteiger partial charge is 0 e. The molecule has 2 rings (SSSR count). The first-order valence-corrected chi connectivity index (χ1v) is 6.46. The van der Waals surface area contributed by atoms with Crippen molar-refractivity contribution in [3.8, 4) is 0 Å². The van der Waals surface area contributed by atoms with Crippen molar-refractivity contribution >= 4 is 0 Å². The van der Waals surface area contributed by atoms with Crippen molar-refractivity contribution in [3.05, 3.63) is 69.8 Å². The van der Waals surface area contributed by atoms with Gasteiger partial charge in [0.15, 0.2) is 0 Å². The first kappa shape index (κ1) is 30.2. The van der Waals surface area contributed by atoms with Gasteiger partial charge in [-0.25, -0.2) is 0 Å². The number of halogens is 2. The minimum atomic E-state index is 0. The Hall–Kier alpha value is 0.267. The molecule has 0 fully saturated rings. The number of benzene rings is 2. The summed E-state index contributed by atoms with van der Waals surface area (Å²) in [5, 5.41) is 0. The Labute approximate surface area is 174 Å². The van der Waals surface area contributed by atoms with Crippen LogP contribution in [0.25, 0.3) is 0 Å². The average Bonchev–Trinajstić information content (AvgIpc) is 2.12. The number of aryl methyl sites for hydroxylation is 6. The molecule has 0 atom stereocenters. The van der Waals surface area contributed by atoms with E-state index in [1.165, 1.54) is 33.4 Å². The van der Waals surface area contributed by atoms with E-state index in [0.29, 0.717) is 0 Å². The molecule has 0 aliphatic carbocycles. The van der Waals surface area contributed by atoms with Gasteiger partial charge in [0.25, 0.3) is 0 Å².